The quantitative estimate of drug-likeness (QED) is 0.645. The van der Waals surface area contributed by atoms with E-state index in [0.29, 0.717) is 5.01 Å². The Morgan fingerprint density at radius 3 is 2.67 bits per heavy atom. The number of methoxy groups -OCH3 is 1. The maximum absolute atomic E-state index is 12.5. The molecule has 0 bridgehead atoms. The van der Waals surface area contributed by atoms with Crippen LogP contribution in [-0.4, -0.2) is 31.4 Å². The van der Waals surface area contributed by atoms with Crippen LogP contribution in [-0.2, 0) is 16.6 Å². The lowest BCUT2D eigenvalue weighted by molar-refractivity contribution is 0.0947. The largest absolute Gasteiger partial charge is 0.496 e. The molecule has 2 aromatic heterocycles. The van der Waals surface area contributed by atoms with E-state index in [-0.39, 0.29) is 22.8 Å². The Kier molecular flexibility index (Phi) is 5.49. The summed E-state index contributed by atoms with van der Waals surface area (Å²) in [5, 5.41) is 10.4. The molecular formula is C17H16N4O4S2. The van der Waals surface area contributed by atoms with E-state index >= 15 is 0 Å². The SMILES string of the molecule is COc1ccc(S(N)(=O)=O)cc1C(=O)NCc1nc(-c2ccncc2)cs1. The van der Waals surface area contributed by atoms with E-state index in [9.17, 15) is 13.2 Å². The number of primary sulfonamides is 1. The number of rotatable bonds is 6. The van der Waals surface area contributed by atoms with E-state index in [2.05, 4.69) is 15.3 Å². The molecule has 8 nitrogen and oxygen atoms in total. The summed E-state index contributed by atoms with van der Waals surface area (Å²) in [5.41, 5.74) is 1.80. The van der Waals surface area contributed by atoms with Crippen molar-refractivity contribution in [2.75, 3.05) is 7.11 Å². The molecular weight excluding hydrogens is 388 g/mol. The van der Waals surface area contributed by atoms with Gasteiger partial charge in [-0.25, -0.2) is 18.5 Å². The summed E-state index contributed by atoms with van der Waals surface area (Å²) < 4.78 is 28.2. The number of nitrogens with zero attached hydrogens (tertiary/aromatic N) is 2. The average Bonchev–Trinajstić information content (AvgIpc) is 3.14. The molecule has 0 aliphatic rings. The van der Waals surface area contributed by atoms with Crippen molar-refractivity contribution >= 4 is 27.3 Å². The summed E-state index contributed by atoms with van der Waals surface area (Å²) in [6, 6.07) is 7.56. The van der Waals surface area contributed by atoms with Crippen molar-refractivity contribution in [1.82, 2.24) is 15.3 Å². The normalized spacial score (nSPS) is 11.2. The van der Waals surface area contributed by atoms with E-state index < -0.39 is 15.9 Å². The van der Waals surface area contributed by atoms with Gasteiger partial charge in [-0.15, -0.1) is 11.3 Å². The Labute approximate surface area is 160 Å². The third kappa shape index (κ3) is 4.48. The number of carbonyl (C=O) groups is 1. The number of thiazole rings is 1. The van der Waals surface area contributed by atoms with Crippen LogP contribution in [0.25, 0.3) is 11.3 Å². The Bertz CT molecular complexity index is 1070. The average molecular weight is 404 g/mol. The monoisotopic (exact) mass is 404 g/mol. The second-order valence-corrected chi connectivity index (χ2v) is 7.96. The number of nitrogens with two attached hydrogens (primary N) is 1. The van der Waals surface area contributed by atoms with Crippen LogP contribution in [0.15, 0.2) is 53.0 Å². The fourth-order valence-electron chi connectivity index (χ4n) is 2.34. The molecule has 27 heavy (non-hydrogen) atoms. The van der Waals surface area contributed by atoms with Crippen LogP contribution in [0.3, 0.4) is 0 Å². The summed E-state index contributed by atoms with van der Waals surface area (Å²) in [5.74, 6) is -0.241. The maximum atomic E-state index is 12.5. The second-order valence-electron chi connectivity index (χ2n) is 5.45. The first-order chi connectivity index (χ1) is 12.9. The molecule has 0 aliphatic carbocycles. The van der Waals surface area contributed by atoms with Crippen LogP contribution in [0.4, 0.5) is 0 Å². The van der Waals surface area contributed by atoms with Crippen molar-refractivity contribution in [1.29, 1.82) is 0 Å². The minimum Gasteiger partial charge on any atom is -0.496 e. The zero-order valence-corrected chi connectivity index (χ0v) is 15.9. The van der Waals surface area contributed by atoms with Crippen LogP contribution in [0.2, 0.25) is 0 Å². The number of sulfonamides is 1. The topological polar surface area (TPSA) is 124 Å². The number of carbonyl (C=O) groups excluding carboxylic acids is 1. The number of amides is 1. The zero-order valence-electron chi connectivity index (χ0n) is 14.2. The Morgan fingerprint density at radius 2 is 2.00 bits per heavy atom. The van der Waals surface area contributed by atoms with Crippen LogP contribution in [0, 0.1) is 0 Å². The van der Waals surface area contributed by atoms with Crippen LogP contribution < -0.4 is 15.2 Å². The van der Waals surface area contributed by atoms with Crippen molar-refractivity contribution in [2.24, 2.45) is 5.14 Å². The van der Waals surface area contributed by atoms with E-state index in [0.717, 1.165) is 11.3 Å². The van der Waals surface area contributed by atoms with Crippen LogP contribution in [0.1, 0.15) is 15.4 Å². The van der Waals surface area contributed by atoms with E-state index in [1.54, 1.807) is 12.4 Å². The number of hydrogen-bond acceptors (Lipinski definition) is 7. The van der Waals surface area contributed by atoms with Crippen LogP contribution >= 0.6 is 11.3 Å². The molecule has 0 radical (unpaired) electrons. The number of nitrogens with one attached hydrogen (secondary N) is 1. The minimum absolute atomic E-state index is 0.0786. The van der Waals surface area contributed by atoms with E-state index in [4.69, 9.17) is 9.88 Å². The molecule has 1 aromatic carbocycles. The van der Waals surface area contributed by atoms with Crippen molar-refractivity contribution < 1.29 is 17.9 Å². The van der Waals surface area contributed by atoms with E-state index in [1.165, 1.54) is 36.6 Å². The Balaban J connectivity index is 1.76. The highest BCUT2D eigenvalue weighted by Crippen LogP contribution is 2.23. The highest BCUT2D eigenvalue weighted by atomic mass is 32.2. The molecule has 0 spiro atoms. The first-order valence-corrected chi connectivity index (χ1v) is 10.1. The molecule has 0 saturated carbocycles. The molecule has 140 valence electrons. The summed E-state index contributed by atoms with van der Waals surface area (Å²) in [7, 11) is -2.54. The number of ether oxygens (including phenoxy) is 1. The minimum atomic E-state index is -3.93. The van der Waals surface area contributed by atoms with Crippen molar-refractivity contribution in [3.8, 4) is 17.0 Å². The lowest BCUT2D eigenvalue weighted by atomic mass is 10.2. The van der Waals surface area contributed by atoms with Gasteiger partial charge in [0.1, 0.15) is 10.8 Å². The first-order valence-electron chi connectivity index (χ1n) is 7.72. The van der Waals surface area contributed by atoms with Gasteiger partial charge < -0.3 is 10.1 Å². The smallest absolute Gasteiger partial charge is 0.255 e. The molecule has 0 fully saturated rings. The predicted octanol–water partition coefficient (Wildman–Crippen LogP) is 1.79. The van der Waals surface area contributed by atoms with Gasteiger partial charge in [0.25, 0.3) is 5.91 Å². The summed E-state index contributed by atoms with van der Waals surface area (Å²) in [6.45, 7) is 0.192. The van der Waals surface area contributed by atoms with Crippen LogP contribution in [0.5, 0.6) is 5.75 Å². The Morgan fingerprint density at radius 1 is 1.26 bits per heavy atom. The standard InChI is InChI=1S/C17H16N4O4S2/c1-25-15-3-2-12(27(18,23)24)8-13(15)17(22)20-9-16-21-14(10-26-16)11-4-6-19-7-5-11/h2-8,10H,9H2,1H3,(H,20,22)(H2,18,23,24). The third-order valence-electron chi connectivity index (χ3n) is 3.67. The predicted molar refractivity (Wildman–Crippen MR) is 101 cm³/mol. The molecule has 0 aliphatic heterocycles. The van der Waals surface area contributed by atoms with Gasteiger partial charge in [0, 0.05) is 23.3 Å². The first kappa shape index (κ1) is 19.0. The molecule has 3 N–H and O–H groups in total. The highest BCUT2D eigenvalue weighted by Gasteiger charge is 2.17. The third-order valence-corrected chi connectivity index (χ3v) is 5.43. The fourth-order valence-corrected chi connectivity index (χ4v) is 3.62. The van der Waals surface area contributed by atoms with Crippen molar-refractivity contribution in [3.63, 3.8) is 0 Å². The molecule has 2 heterocycles. The number of aromatic nitrogens is 2. The molecule has 3 rings (SSSR count). The molecule has 10 heteroatoms. The fraction of sp³-hybridized carbons (Fsp3) is 0.118. The van der Waals surface area contributed by atoms with Gasteiger partial charge in [-0.1, -0.05) is 0 Å². The molecule has 1 amide bonds. The van der Waals surface area contributed by atoms with Gasteiger partial charge in [-0.05, 0) is 30.3 Å². The molecule has 0 saturated heterocycles. The Hall–Kier alpha value is -2.82. The highest BCUT2D eigenvalue weighted by molar-refractivity contribution is 7.89. The van der Waals surface area contributed by atoms with Gasteiger partial charge in [0.2, 0.25) is 10.0 Å². The second kappa shape index (κ2) is 7.82. The summed E-state index contributed by atoms with van der Waals surface area (Å²) >= 11 is 1.41. The van der Waals surface area contributed by atoms with Gasteiger partial charge in [-0.3, -0.25) is 9.78 Å². The van der Waals surface area contributed by atoms with Crippen molar-refractivity contribution in [3.05, 3.63) is 58.7 Å². The lowest BCUT2D eigenvalue weighted by Crippen LogP contribution is -2.24. The molecule has 0 atom stereocenters. The van der Waals surface area contributed by atoms with Gasteiger partial charge in [-0.2, -0.15) is 0 Å². The number of benzene rings is 1. The summed E-state index contributed by atoms with van der Waals surface area (Å²) in [4.78, 5) is 20.8. The summed E-state index contributed by atoms with van der Waals surface area (Å²) in [6.07, 6.45) is 3.36. The van der Waals surface area contributed by atoms with Gasteiger partial charge in [0.15, 0.2) is 0 Å². The zero-order chi connectivity index (χ0) is 19.4. The molecule has 0 unspecified atom stereocenters. The lowest BCUT2D eigenvalue weighted by Gasteiger charge is -2.10. The van der Waals surface area contributed by atoms with Crippen molar-refractivity contribution in [2.45, 2.75) is 11.4 Å². The van der Waals surface area contributed by atoms with Gasteiger partial charge >= 0.3 is 0 Å². The number of hydrogen-bond donors (Lipinski definition) is 2. The molecule has 3 aromatic rings. The van der Waals surface area contributed by atoms with Gasteiger partial charge in [0.05, 0.1) is 29.8 Å². The van der Waals surface area contributed by atoms with E-state index in [1.807, 2.05) is 17.5 Å². The maximum Gasteiger partial charge on any atom is 0.255 e. The number of pyridine rings is 1.